The van der Waals surface area contributed by atoms with Crippen LogP contribution in [0.4, 0.5) is 5.82 Å². The number of carbonyl (C=O) groups is 1. The minimum Gasteiger partial charge on any atom is -0.360 e. The van der Waals surface area contributed by atoms with Crippen molar-refractivity contribution in [3.05, 3.63) is 59.7 Å². The Labute approximate surface area is 165 Å². The van der Waals surface area contributed by atoms with Gasteiger partial charge in [0, 0.05) is 49.1 Å². The minimum absolute atomic E-state index is 0.127. The van der Waals surface area contributed by atoms with Crippen molar-refractivity contribution < 1.29 is 4.79 Å². The van der Waals surface area contributed by atoms with Gasteiger partial charge in [-0.15, -0.1) is 0 Å². The molecule has 0 bridgehead atoms. The van der Waals surface area contributed by atoms with Gasteiger partial charge in [0.2, 0.25) is 0 Å². The lowest BCUT2D eigenvalue weighted by Gasteiger charge is -2.16. The van der Waals surface area contributed by atoms with E-state index in [0.717, 1.165) is 34.9 Å². The Morgan fingerprint density at radius 1 is 1.29 bits per heavy atom. The van der Waals surface area contributed by atoms with Crippen LogP contribution in [0.25, 0.3) is 11.3 Å². The lowest BCUT2D eigenvalue weighted by atomic mass is 10.1. The van der Waals surface area contributed by atoms with Crippen LogP contribution in [-0.2, 0) is 7.05 Å². The predicted molar refractivity (Wildman–Crippen MR) is 110 cm³/mol. The second-order valence-corrected chi connectivity index (χ2v) is 6.86. The number of hydrogen-bond acceptors (Lipinski definition) is 5. The van der Waals surface area contributed by atoms with Crippen LogP contribution in [0.5, 0.6) is 0 Å². The van der Waals surface area contributed by atoms with Crippen molar-refractivity contribution in [3.8, 4) is 11.3 Å². The first-order valence-corrected chi connectivity index (χ1v) is 9.33. The van der Waals surface area contributed by atoms with Gasteiger partial charge in [-0.25, -0.2) is 9.97 Å². The third-order valence-corrected chi connectivity index (χ3v) is 5.03. The van der Waals surface area contributed by atoms with Crippen LogP contribution < -0.4 is 10.2 Å². The fraction of sp³-hybridized carbons (Fsp3) is 0.333. The average Bonchev–Trinajstić information content (AvgIpc) is 3.06. The maximum Gasteiger partial charge on any atom is 0.251 e. The van der Waals surface area contributed by atoms with E-state index in [-0.39, 0.29) is 11.9 Å². The summed E-state index contributed by atoms with van der Waals surface area (Å²) in [6.45, 7) is 6.87. The quantitative estimate of drug-likeness (QED) is 0.713. The number of amides is 1. The maximum absolute atomic E-state index is 12.8. The van der Waals surface area contributed by atoms with E-state index in [1.165, 1.54) is 0 Å². The van der Waals surface area contributed by atoms with E-state index in [0.29, 0.717) is 5.56 Å². The molecule has 3 rings (SSSR count). The normalized spacial score (nSPS) is 11.9. The zero-order valence-corrected chi connectivity index (χ0v) is 17.0. The largest absolute Gasteiger partial charge is 0.360 e. The highest BCUT2D eigenvalue weighted by molar-refractivity contribution is 5.95. The van der Waals surface area contributed by atoms with Crippen molar-refractivity contribution in [3.63, 3.8) is 0 Å². The van der Waals surface area contributed by atoms with Crippen molar-refractivity contribution >= 4 is 11.7 Å². The Kier molecular flexibility index (Phi) is 5.73. The molecular formula is C21H26N6O. The van der Waals surface area contributed by atoms with Crippen molar-refractivity contribution in [1.82, 2.24) is 25.1 Å². The van der Waals surface area contributed by atoms with E-state index >= 15 is 0 Å². The molecule has 28 heavy (non-hydrogen) atoms. The van der Waals surface area contributed by atoms with Crippen LogP contribution >= 0.6 is 0 Å². The summed E-state index contributed by atoms with van der Waals surface area (Å²) in [4.78, 5) is 23.5. The highest BCUT2D eigenvalue weighted by Gasteiger charge is 2.16. The Morgan fingerprint density at radius 3 is 2.75 bits per heavy atom. The molecule has 0 aliphatic heterocycles. The summed E-state index contributed by atoms with van der Waals surface area (Å²) in [5, 5.41) is 7.30. The zero-order valence-electron chi connectivity index (χ0n) is 17.0. The molecule has 0 fully saturated rings. The van der Waals surface area contributed by atoms with Gasteiger partial charge in [-0.2, -0.15) is 5.10 Å². The molecule has 0 saturated heterocycles. The molecule has 7 heteroatoms. The van der Waals surface area contributed by atoms with E-state index in [9.17, 15) is 4.79 Å². The molecule has 0 spiro atoms. The second-order valence-electron chi connectivity index (χ2n) is 6.86. The van der Waals surface area contributed by atoms with Gasteiger partial charge in [-0.05, 0) is 32.9 Å². The fourth-order valence-electron chi connectivity index (χ4n) is 2.99. The summed E-state index contributed by atoms with van der Waals surface area (Å²) in [6, 6.07) is 9.29. The standard InChI is InChI=1S/C21H26N6O/c1-6-26(4)20-11-19(22-13-23-20)16-8-7-9-17(10-16)21(28)25-14(2)18-12-24-27(5)15(18)3/h7-14H,6H2,1-5H3,(H,25,28)/t14-/m1/s1. The highest BCUT2D eigenvalue weighted by Crippen LogP contribution is 2.22. The molecule has 0 unspecified atom stereocenters. The van der Waals surface area contributed by atoms with Gasteiger partial charge in [-0.3, -0.25) is 9.48 Å². The van der Waals surface area contributed by atoms with E-state index in [4.69, 9.17) is 0 Å². The first-order chi connectivity index (χ1) is 13.4. The number of aromatic nitrogens is 4. The summed E-state index contributed by atoms with van der Waals surface area (Å²) in [7, 11) is 3.88. The Morgan fingerprint density at radius 2 is 2.07 bits per heavy atom. The summed E-state index contributed by atoms with van der Waals surface area (Å²) < 4.78 is 1.80. The molecule has 0 saturated carbocycles. The first-order valence-electron chi connectivity index (χ1n) is 9.33. The molecule has 7 nitrogen and oxygen atoms in total. The third kappa shape index (κ3) is 4.03. The molecule has 1 aromatic carbocycles. The predicted octanol–water partition coefficient (Wildman–Crippen LogP) is 3.13. The Balaban J connectivity index is 1.81. The Bertz CT molecular complexity index is 981. The molecule has 2 aromatic heterocycles. The van der Waals surface area contributed by atoms with Crippen LogP contribution in [0.15, 0.2) is 42.9 Å². The molecular weight excluding hydrogens is 352 g/mol. The van der Waals surface area contributed by atoms with Crippen molar-refractivity contribution in [1.29, 1.82) is 0 Å². The van der Waals surface area contributed by atoms with Crippen molar-refractivity contribution in [2.45, 2.75) is 26.8 Å². The van der Waals surface area contributed by atoms with Gasteiger partial charge in [0.15, 0.2) is 0 Å². The fourth-order valence-corrected chi connectivity index (χ4v) is 2.99. The monoisotopic (exact) mass is 378 g/mol. The SMILES string of the molecule is CCN(C)c1cc(-c2cccc(C(=O)N[C@H](C)c3cnn(C)c3C)c2)ncn1. The van der Waals surface area contributed by atoms with Gasteiger partial charge in [0.25, 0.3) is 5.91 Å². The molecule has 1 N–H and O–H groups in total. The van der Waals surface area contributed by atoms with Crippen LogP contribution in [-0.4, -0.2) is 39.2 Å². The third-order valence-electron chi connectivity index (χ3n) is 5.03. The number of aryl methyl sites for hydroxylation is 1. The molecule has 0 radical (unpaired) electrons. The number of benzene rings is 1. The van der Waals surface area contributed by atoms with Gasteiger partial charge >= 0.3 is 0 Å². The molecule has 146 valence electrons. The highest BCUT2D eigenvalue weighted by atomic mass is 16.1. The van der Waals surface area contributed by atoms with Gasteiger partial charge in [0.05, 0.1) is 17.9 Å². The van der Waals surface area contributed by atoms with Gasteiger partial charge in [0.1, 0.15) is 12.1 Å². The molecule has 0 aliphatic rings. The lowest BCUT2D eigenvalue weighted by Crippen LogP contribution is -2.27. The molecule has 3 aromatic rings. The van der Waals surface area contributed by atoms with E-state index < -0.39 is 0 Å². The van der Waals surface area contributed by atoms with Crippen LogP contribution in [0.3, 0.4) is 0 Å². The van der Waals surface area contributed by atoms with Gasteiger partial charge in [-0.1, -0.05) is 12.1 Å². The molecule has 1 amide bonds. The first kappa shape index (κ1) is 19.5. The van der Waals surface area contributed by atoms with Crippen LogP contribution in [0.2, 0.25) is 0 Å². The summed E-state index contributed by atoms with van der Waals surface area (Å²) in [5.41, 5.74) is 4.31. The Hall–Kier alpha value is -3.22. The molecule has 2 heterocycles. The number of nitrogens with one attached hydrogen (secondary N) is 1. The summed E-state index contributed by atoms with van der Waals surface area (Å²) in [5.74, 6) is 0.723. The number of carbonyl (C=O) groups excluding carboxylic acids is 1. The average molecular weight is 378 g/mol. The molecule has 0 aliphatic carbocycles. The number of rotatable bonds is 6. The maximum atomic E-state index is 12.8. The summed E-state index contributed by atoms with van der Waals surface area (Å²) >= 11 is 0. The summed E-state index contributed by atoms with van der Waals surface area (Å²) in [6.07, 6.45) is 3.35. The molecule has 1 atom stereocenters. The van der Waals surface area contributed by atoms with Crippen molar-refractivity contribution in [2.75, 3.05) is 18.5 Å². The minimum atomic E-state index is -0.131. The topological polar surface area (TPSA) is 75.9 Å². The smallest absolute Gasteiger partial charge is 0.251 e. The van der Waals surface area contributed by atoms with Crippen molar-refractivity contribution in [2.24, 2.45) is 7.05 Å². The zero-order chi connectivity index (χ0) is 20.3. The second kappa shape index (κ2) is 8.21. The van der Waals surface area contributed by atoms with Crippen LogP contribution in [0.1, 0.15) is 41.5 Å². The van der Waals surface area contributed by atoms with Crippen LogP contribution in [0, 0.1) is 6.92 Å². The lowest BCUT2D eigenvalue weighted by molar-refractivity contribution is 0.0940. The number of nitrogens with zero attached hydrogens (tertiary/aromatic N) is 5. The van der Waals surface area contributed by atoms with E-state index in [2.05, 4.69) is 27.3 Å². The van der Waals surface area contributed by atoms with E-state index in [1.54, 1.807) is 17.2 Å². The number of hydrogen-bond donors (Lipinski definition) is 1. The van der Waals surface area contributed by atoms with E-state index in [1.807, 2.05) is 63.2 Å². The number of anilines is 1. The van der Waals surface area contributed by atoms with Gasteiger partial charge < -0.3 is 10.2 Å².